The molecule has 0 saturated carbocycles. The zero-order chi connectivity index (χ0) is 13.3. The molecule has 1 aromatic heterocycles. The van der Waals surface area contributed by atoms with E-state index in [1.807, 2.05) is 5.38 Å². The van der Waals surface area contributed by atoms with Gasteiger partial charge in [-0.25, -0.2) is 8.42 Å². The molecule has 2 N–H and O–H groups in total. The molecule has 0 fully saturated rings. The number of halogens is 1. The van der Waals surface area contributed by atoms with Crippen LogP contribution >= 0.6 is 22.9 Å². The molecular formula is C12H12ClNO2S2. The van der Waals surface area contributed by atoms with Crippen LogP contribution in [0.2, 0.25) is 5.02 Å². The molecule has 0 amide bonds. The highest BCUT2D eigenvalue weighted by molar-refractivity contribution is 7.90. The monoisotopic (exact) mass is 301 g/mol. The first-order valence-corrected chi connectivity index (χ1v) is 8.33. The van der Waals surface area contributed by atoms with E-state index in [1.165, 1.54) is 17.6 Å². The molecule has 0 spiro atoms. The van der Waals surface area contributed by atoms with Crippen molar-refractivity contribution in [3.63, 3.8) is 0 Å². The second-order valence-corrected chi connectivity index (χ2v) is 7.33. The van der Waals surface area contributed by atoms with Crippen molar-refractivity contribution in [2.45, 2.75) is 10.9 Å². The van der Waals surface area contributed by atoms with E-state index >= 15 is 0 Å². The Bertz CT molecular complexity index is 664. The summed E-state index contributed by atoms with van der Waals surface area (Å²) in [5.41, 5.74) is 6.84. The fourth-order valence-corrected chi connectivity index (χ4v) is 3.50. The van der Waals surface area contributed by atoms with Crippen molar-refractivity contribution in [3.05, 3.63) is 51.2 Å². The third kappa shape index (κ3) is 2.75. The third-order valence-corrected chi connectivity index (χ3v) is 5.12. The molecule has 0 aliphatic heterocycles. The van der Waals surface area contributed by atoms with Gasteiger partial charge in [-0.15, -0.1) is 11.3 Å². The van der Waals surface area contributed by atoms with Crippen molar-refractivity contribution >= 4 is 32.8 Å². The Balaban J connectivity index is 2.44. The molecule has 6 heteroatoms. The van der Waals surface area contributed by atoms with Gasteiger partial charge in [0.05, 0.1) is 16.0 Å². The van der Waals surface area contributed by atoms with Gasteiger partial charge in [0.2, 0.25) is 0 Å². The van der Waals surface area contributed by atoms with Gasteiger partial charge in [-0.2, -0.15) is 0 Å². The summed E-state index contributed by atoms with van der Waals surface area (Å²) in [6.45, 7) is 0. The number of nitrogens with two attached hydrogens (primary N) is 1. The quantitative estimate of drug-likeness (QED) is 0.948. The van der Waals surface area contributed by atoms with Crippen LogP contribution in [0.25, 0.3) is 0 Å². The SMILES string of the molecule is CS(=O)(=O)c1cccc(C(N)c2sccc2Cl)c1. The van der Waals surface area contributed by atoms with E-state index in [0.29, 0.717) is 5.02 Å². The molecule has 1 heterocycles. The van der Waals surface area contributed by atoms with Crippen LogP contribution in [0.3, 0.4) is 0 Å². The number of rotatable bonds is 3. The van der Waals surface area contributed by atoms with E-state index < -0.39 is 15.9 Å². The smallest absolute Gasteiger partial charge is 0.175 e. The summed E-state index contributed by atoms with van der Waals surface area (Å²) < 4.78 is 23.0. The summed E-state index contributed by atoms with van der Waals surface area (Å²) in [4.78, 5) is 1.10. The Morgan fingerprint density at radius 1 is 1.33 bits per heavy atom. The Morgan fingerprint density at radius 2 is 2.06 bits per heavy atom. The molecule has 96 valence electrons. The highest BCUT2D eigenvalue weighted by Gasteiger charge is 2.16. The zero-order valence-electron chi connectivity index (χ0n) is 9.63. The van der Waals surface area contributed by atoms with Gasteiger partial charge < -0.3 is 5.73 Å². The summed E-state index contributed by atoms with van der Waals surface area (Å²) >= 11 is 7.49. The third-order valence-electron chi connectivity index (χ3n) is 2.57. The van der Waals surface area contributed by atoms with Gasteiger partial charge in [-0.3, -0.25) is 0 Å². The van der Waals surface area contributed by atoms with Crippen LogP contribution in [0.5, 0.6) is 0 Å². The maximum Gasteiger partial charge on any atom is 0.175 e. The van der Waals surface area contributed by atoms with E-state index in [-0.39, 0.29) is 4.90 Å². The minimum Gasteiger partial charge on any atom is -0.320 e. The number of hydrogen-bond donors (Lipinski definition) is 1. The molecule has 2 rings (SSSR count). The van der Waals surface area contributed by atoms with Gasteiger partial charge in [-0.1, -0.05) is 23.7 Å². The number of hydrogen-bond acceptors (Lipinski definition) is 4. The van der Waals surface area contributed by atoms with Crippen LogP contribution in [-0.4, -0.2) is 14.7 Å². The first-order chi connectivity index (χ1) is 8.39. The van der Waals surface area contributed by atoms with E-state index in [1.54, 1.807) is 30.3 Å². The largest absolute Gasteiger partial charge is 0.320 e. The second-order valence-electron chi connectivity index (χ2n) is 3.96. The lowest BCUT2D eigenvalue weighted by atomic mass is 10.1. The first-order valence-electron chi connectivity index (χ1n) is 5.18. The van der Waals surface area contributed by atoms with Crippen LogP contribution in [0.1, 0.15) is 16.5 Å². The standard InChI is InChI=1S/C12H12ClNO2S2/c1-18(15,16)9-4-2-3-8(7-9)11(14)12-10(13)5-6-17-12/h2-7,11H,14H2,1H3. The van der Waals surface area contributed by atoms with Gasteiger partial charge in [0.25, 0.3) is 0 Å². The van der Waals surface area contributed by atoms with Crippen molar-refractivity contribution in [2.24, 2.45) is 5.73 Å². The van der Waals surface area contributed by atoms with Crippen molar-refractivity contribution < 1.29 is 8.42 Å². The average molecular weight is 302 g/mol. The van der Waals surface area contributed by atoms with E-state index in [0.717, 1.165) is 10.4 Å². The highest BCUT2D eigenvalue weighted by atomic mass is 35.5. The van der Waals surface area contributed by atoms with Gasteiger partial charge in [0.1, 0.15) is 0 Å². The average Bonchev–Trinajstić information content (AvgIpc) is 2.73. The minimum atomic E-state index is -3.22. The van der Waals surface area contributed by atoms with Crippen LogP contribution in [-0.2, 0) is 9.84 Å². The molecular weight excluding hydrogens is 290 g/mol. The molecule has 2 aromatic rings. The molecule has 3 nitrogen and oxygen atoms in total. The molecule has 1 atom stereocenters. The van der Waals surface area contributed by atoms with Gasteiger partial charge in [0.15, 0.2) is 9.84 Å². The lowest BCUT2D eigenvalue weighted by Gasteiger charge is -2.12. The Morgan fingerprint density at radius 3 is 2.61 bits per heavy atom. The Labute approximate surface area is 115 Å². The Hall–Kier alpha value is -0.880. The maximum absolute atomic E-state index is 11.5. The highest BCUT2D eigenvalue weighted by Crippen LogP contribution is 2.31. The van der Waals surface area contributed by atoms with Crippen molar-refractivity contribution in [1.82, 2.24) is 0 Å². The number of sulfone groups is 1. The number of benzene rings is 1. The van der Waals surface area contributed by atoms with Crippen LogP contribution in [0.15, 0.2) is 40.6 Å². The summed E-state index contributed by atoms with van der Waals surface area (Å²) in [6, 6.07) is 8.02. The number of thiophene rings is 1. The van der Waals surface area contributed by atoms with Gasteiger partial charge >= 0.3 is 0 Å². The molecule has 18 heavy (non-hydrogen) atoms. The van der Waals surface area contributed by atoms with Crippen molar-refractivity contribution in [1.29, 1.82) is 0 Å². The molecule has 1 unspecified atom stereocenters. The maximum atomic E-state index is 11.5. The second kappa shape index (κ2) is 5.01. The fraction of sp³-hybridized carbons (Fsp3) is 0.167. The predicted molar refractivity (Wildman–Crippen MR) is 74.9 cm³/mol. The van der Waals surface area contributed by atoms with Gasteiger partial charge in [-0.05, 0) is 29.1 Å². The molecule has 1 aromatic carbocycles. The lowest BCUT2D eigenvalue weighted by Crippen LogP contribution is -2.11. The molecule has 0 radical (unpaired) electrons. The summed E-state index contributed by atoms with van der Waals surface area (Å²) in [5, 5.41) is 2.47. The zero-order valence-corrected chi connectivity index (χ0v) is 12.0. The normalized spacial score (nSPS) is 13.5. The first kappa shape index (κ1) is 13.5. The van der Waals surface area contributed by atoms with Gasteiger partial charge in [0, 0.05) is 11.1 Å². The molecule has 0 bridgehead atoms. The molecule has 0 aliphatic carbocycles. The minimum absolute atomic E-state index is 0.267. The molecule has 0 saturated heterocycles. The van der Waals surface area contributed by atoms with Crippen LogP contribution in [0.4, 0.5) is 0 Å². The summed E-state index contributed by atoms with van der Waals surface area (Å²) in [5.74, 6) is 0. The summed E-state index contributed by atoms with van der Waals surface area (Å²) in [6.07, 6.45) is 1.18. The van der Waals surface area contributed by atoms with Crippen LogP contribution in [0, 0.1) is 0 Å². The molecule has 0 aliphatic rings. The summed E-state index contributed by atoms with van der Waals surface area (Å²) in [7, 11) is -3.22. The topological polar surface area (TPSA) is 60.2 Å². The van der Waals surface area contributed by atoms with E-state index in [4.69, 9.17) is 17.3 Å². The van der Waals surface area contributed by atoms with Crippen LogP contribution < -0.4 is 5.73 Å². The van der Waals surface area contributed by atoms with Crippen molar-refractivity contribution in [3.8, 4) is 0 Å². The fourth-order valence-electron chi connectivity index (χ4n) is 1.62. The Kier molecular flexibility index (Phi) is 3.77. The predicted octanol–water partition coefficient (Wildman–Crippen LogP) is 2.85. The van der Waals surface area contributed by atoms with E-state index in [9.17, 15) is 8.42 Å². The lowest BCUT2D eigenvalue weighted by molar-refractivity contribution is 0.601. The van der Waals surface area contributed by atoms with Crippen molar-refractivity contribution in [2.75, 3.05) is 6.26 Å². The van der Waals surface area contributed by atoms with E-state index in [2.05, 4.69) is 0 Å².